The summed E-state index contributed by atoms with van der Waals surface area (Å²) in [7, 11) is 1.83. The lowest BCUT2D eigenvalue weighted by atomic mass is 10.1. The number of hydrogen-bond donors (Lipinski definition) is 1. The molecular formula is C14H21N3O. The van der Waals surface area contributed by atoms with E-state index in [1.807, 2.05) is 37.4 Å². The molecule has 0 bridgehead atoms. The van der Waals surface area contributed by atoms with Gasteiger partial charge in [0.2, 0.25) is 5.91 Å². The van der Waals surface area contributed by atoms with Gasteiger partial charge in [-0.15, -0.1) is 0 Å². The molecule has 1 fully saturated rings. The van der Waals surface area contributed by atoms with E-state index >= 15 is 0 Å². The number of carbonyl (C=O) groups excluding carboxylic acids is 1. The minimum Gasteiger partial charge on any atom is -0.330 e. The number of likely N-dealkylation sites (tertiary alicyclic amines) is 1. The molecule has 1 atom stereocenters. The summed E-state index contributed by atoms with van der Waals surface area (Å²) in [4.78, 5) is 16.1. The van der Waals surface area contributed by atoms with Gasteiger partial charge in [0.15, 0.2) is 0 Å². The fourth-order valence-electron chi connectivity index (χ4n) is 2.34. The lowest BCUT2D eigenvalue weighted by Crippen LogP contribution is -2.37. The maximum absolute atomic E-state index is 12.1. The maximum atomic E-state index is 12.1. The summed E-state index contributed by atoms with van der Waals surface area (Å²) >= 11 is 0. The Bertz CT molecular complexity index is 393. The van der Waals surface area contributed by atoms with Crippen molar-refractivity contribution >= 4 is 11.6 Å². The quantitative estimate of drug-likeness (QED) is 0.861. The number of para-hydroxylation sites is 1. The smallest absolute Gasteiger partial charge is 0.240 e. The Morgan fingerprint density at radius 3 is 2.78 bits per heavy atom. The number of carbonyl (C=O) groups is 1. The Morgan fingerprint density at radius 1 is 1.44 bits per heavy atom. The van der Waals surface area contributed by atoms with Crippen molar-refractivity contribution in [1.29, 1.82) is 0 Å². The number of nitrogens with two attached hydrogens (primary N) is 1. The van der Waals surface area contributed by atoms with Crippen molar-refractivity contribution in [2.45, 2.75) is 6.42 Å². The van der Waals surface area contributed by atoms with Crippen LogP contribution in [0.25, 0.3) is 0 Å². The first-order valence-corrected chi connectivity index (χ1v) is 6.44. The van der Waals surface area contributed by atoms with Gasteiger partial charge in [-0.3, -0.25) is 9.69 Å². The van der Waals surface area contributed by atoms with Crippen molar-refractivity contribution in [3.63, 3.8) is 0 Å². The second-order valence-electron chi connectivity index (χ2n) is 4.91. The molecule has 1 amide bonds. The van der Waals surface area contributed by atoms with Gasteiger partial charge in [0.05, 0.1) is 6.54 Å². The zero-order valence-corrected chi connectivity index (χ0v) is 10.9. The topological polar surface area (TPSA) is 49.6 Å². The molecule has 1 aliphatic rings. The molecule has 4 heteroatoms. The lowest BCUT2D eigenvalue weighted by molar-refractivity contribution is -0.119. The fourth-order valence-corrected chi connectivity index (χ4v) is 2.34. The van der Waals surface area contributed by atoms with Crippen molar-refractivity contribution in [3.8, 4) is 0 Å². The molecule has 2 rings (SSSR count). The Balaban J connectivity index is 1.89. The van der Waals surface area contributed by atoms with Crippen LogP contribution in [0, 0.1) is 5.92 Å². The SMILES string of the molecule is CN(C(=O)CN1CCC(CN)C1)c1ccccc1. The highest BCUT2D eigenvalue weighted by molar-refractivity contribution is 5.94. The number of likely N-dealkylation sites (N-methyl/N-ethyl adjacent to an activating group) is 1. The number of hydrogen-bond acceptors (Lipinski definition) is 3. The van der Waals surface area contributed by atoms with E-state index in [4.69, 9.17) is 5.73 Å². The Labute approximate surface area is 108 Å². The highest BCUT2D eigenvalue weighted by Crippen LogP contribution is 2.16. The second kappa shape index (κ2) is 5.98. The molecule has 18 heavy (non-hydrogen) atoms. The van der Waals surface area contributed by atoms with Crippen molar-refractivity contribution in [2.75, 3.05) is 38.1 Å². The van der Waals surface area contributed by atoms with Crippen LogP contribution in [0.3, 0.4) is 0 Å². The van der Waals surface area contributed by atoms with E-state index in [2.05, 4.69) is 4.90 Å². The predicted octanol–water partition coefficient (Wildman–Crippen LogP) is 0.930. The molecule has 1 heterocycles. The predicted molar refractivity (Wildman–Crippen MR) is 73.5 cm³/mol. The number of benzene rings is 1. The molecule has 2 N–H and O–H groups in total. The summed E-state index contributed by atoms with van der Waals surface area (Å²) < 4.78 is 0. The highest BCUT2D eigenvalue weighted by atomic mass is 16.2. The van der Waals surface area contributed by atoms with Crippen molar-refractivity contribution in [2.24, 2.45) is 11.7 Å². The molecule has 4 nitrogen and oxygen atoms in total. The summed E-state index contributed by atoms with van der Waals surface area (Å²) in [6.07, 6.45) is 1.11. The van der Waals surface area contributed by atoms with Crippen LogP contribution in [0.4, 0.5) is 5.69 Å². The maximum Gasteiger partial charge on any atom is 0.240 e. The van der Waals surface area contributed by atoms with Gasteiger partial charge in [-0.2, -0.15) is 0 Å². The van der Waals surface area contributed by atoms with Gasteiger partial charge in [0, 0.05) is 19.3 Å². The van der Waals surface area contributed by atoms with E-state index in [1.165, 1.54) is 0 Å². The van der Waals surface area contributed by atoms with Gasteiger partial charge >= 0.3 is 0 Å². The molecular weight excluding hydrogens is 226 g/mol. The van der Waals surface area contributed by atoms with E-state index in [0.29, 0.717) is 12.5 Å². The number of amides is 1. The third-order valence-electron chi connectivity index (χ3n) is 3.58. The Kier molecular flexibility index (Phi) is 4.33. The lowest BCUT2D eigenvalue weighted by Gasteiger charge is -2.21. The standard InChI is InChI=1S/C14H21N3O/c1-16(13-5-3-2-4-6-13)14(18)11-17-8-7-12(9-15)10-17/h2-6,12H,7-11,15H2,1H3. The average Bonchev–Trinajstić information content (AvgIpc) is 2.86. The summed E-state index contributed by atoms with van der Waals surface area (Å²) in [5.74, 6) is 0.693. The number of nitrogens with zero attached hydrogens (tertiary/aromatic N) is 2. The van der Waals surface area contributed by atoms with E-state index in [1.54, 1.807) is 4.90 Å². The first kappa shape index (κ1) is 13.1. The first-order valence-electron chi connectivity index (χ1n) is 6.44. The van der Waals surface area contributed by atoms with Crippen LogP contribution in [0.1, 0.15) is 6.42 Å². The average molecular weight is 247 g/mol. The van der Waals surface area contributed by atoms with Gasteiger partial charge in [-0.1, -0.05) is 18.2 Å². The minimum absolute atomic E-state index is 0.138. The molecule has 1 aromatic rings. The van der Waals surface area contributed by atoms with Gasteiger partial charge in [-0.25, -0.2) is 0 Å². The van der Waals surface area contributed by atoms with Crippen LogP contribution >= 0.6 is 0 Å². The molecule has 1 aromatic carbocycles. The zero-order valence-electron chi connectivity index (χ0n) is 10.9. The number of anilines is 1. The third-order valence-corrected chi connectivity index (χ3v) is 3.58. The van der Waals surface area contributed by atoms with Crippen LogP contribution in [0.2, 0.25) is 0 Å². The van der Waals surface area contributed by atoms with E-state index in [-0.39, 0.29) is 5.91 Å². The third kappa shape index (κ3) is 3.09. The molecule has 0 saturated carbocycles. The molecule has 0 aromatic heterocycles. The van der Waals surface area contributed by atoms with Crippen molar-refractivity contribution in [3.05, 3.63) is 30.3 Å². The zero-order chi connectivity index (χ0) is 13.0. The molecule has 1 aliphatic heterocycles. The number of rotatable bonds is 4. The van der Waals surface area contributed by atoms with E-state index in [9.17, 15) is 4.79 Å². The van der Waals surface area contributed by atoms with Crippen LogP contribution < -0.4 is 10.6 Å². The largest absolute Gasteiger partial charge is 0.330 e. The van der Waals surface area contributed by atoms with Gasteiger partial charge in [-0.05, 0) is 37.6 Å². The normalized spacial score (nSPS) is 20.0. The van der Waals surface area contributed by atoms with Crippen molar-refractivity contribution < 1.29 is 4.79 Å². The monoisotopic (exact) mass is 247 g/mol. The Morgan fingerprint density at radius 2 is 2.17 bits per heavy atom. The first-order chi connectivity index (χ1) is 8.70. The molecule has 0 spiro atoms. The molecule has 0 aliphatic carbocycles. The van der Waals surface area contributed by atoms with Crippen LogP contribution in [0.5, 0.6) is 0 Å². The van der Waals surface area contributed by atoms with Gasteiger partial charge in [0.25, 0.3) is 0 Å². The molecule has 98 valence electrons. The minimum atomic E-state index is 0.138. The fraction of sp³-hybridized carbons (Fsp3) is 0.500. The molecule has 1 saturated heterocycles. The Hall–Kier alpha value is -1.39. The van der Waals surface area contributed by atoms with Crippen LogP contribution in [-0.4, -0.2) is 44.0 Å². The summed E-state index contributed by atoms with van der Waals surface area (Å²) in [5, 5.41) is 0. The van der Waals surface area contributed by atoms with Crippen LogP contribution in [-0.2, 0) is 4.79 Å². The van der Waals surface area contributed by atoms with Gasteiger partial charge < -0.3 is 10.6 Å². The summed E-state index contributed by atoms with van der Waals surface area (Å²) in [6, 6.07) is 9.74. The van der Waals surface area contributed by atoms with E-state index in [0.717, 1.165) is 31.7 Å². The highest BCUT2D eigenvalue weighted by Gasteiger charge is 2.24. The molecule has 0 radical (unpaired) electrons. The summed E-state index contributed by atoms with van der Waals surface area (Å²) in [6.45, 7) is 3.14. The van der Waals surface area contributed by atoms with Crippen LogP contribution in [0.15, 0.2) is 30.3 Å². The van der Waals surface area contributed by atoms with Crippen molar-refractivity contribution in [1.82, 2.24) is 4.90 Å². The summed E-state index contributed by atoms with van der Waals surface area (Å²) in [5.41, 5.74) is 6.60. The molecule has 1 unspecified atom stereocenters. The van der Waals surface area contributed by atoms with Gasteiger partial charge in [0.1, 0.15) is 0 Å². The van der Waals surface area contributed by atoms with E-state index < -0.39 is 0 Å². The second-order valence-corrected chi connectivity index (χ2v) is 4.91.